The molecule has 1 N–H and O–H groups in total. The first-order valence-corrected chi connectivity index (χ1v) is 12.2. The molecule has 0 spiro atoms. The van der Waals surface area contributed by atoms with Gasteiger partial charge < -0.3 is 19.9 Å². The Labute approximate surface area is 209 Å². The lowest BCUT2D eigenvalue weighted by Gasteiger charge is -2.50. The lowest BCUT2D eigenvalue weighted by molar-refractivity contribution is 0.0378. The molecule has 3 aromatic carbocycles. The number of piperazine rings is 1. The summed E-state index contributed by atoms with van der Waals surface area (Å²) in [6, 6.07) is 21.2. The van der Waals surface area contributed by atoms with E-state index in [2.05, 4.69) is 5.32 Å². The van der Waals surface area contributed by atoms with Crippen molar-refractivity contribution in [1.82, 2.24) is 10.2 Å². The van der Waals surface area contributed by atoms with Gasteiger partial charge in [0, 0.05) is 43.7 Å². The van der Waals surface area contributed by atoms with Crippen molar-refractivity contribution in [3.63, 3.8) is 0 Å². The first kappa shape index (κ1) is 22.4. The fourth-order valence-electron chi connectivity index (χ4n) is 5.53. The summed E-state index contributed by atoms with van der Waals surface area (Å²) in [5.74, 6) is 0.384. The number of rotatable bonds is 3. The third-order valence-electron chi connectivity index (χ3n) is 7.29. The van der Waals surface area contributed by atoms with Crippen molar-refractivity contribution in [3.05, 3.63) is 89.7 Å². The number of nitrogens with zero attached hydrogens (tertiary/aromatic N) is 3. The molecule has 3 aliphatic rings. The number of fused-ring (bicyclic) bond motifs is 4. The predicted octanol–water partition coefficient (Wildman–Crippen LogP) is 4.56. The largest absolute Gasteiger partial charge is 0.467 e. The van der Waals surface area contributed by atoms with Gasteiger partial charge in [-0.25, -0.2) is 9.18 Å². The number of hydrogen-bond acceptors (Lipinski definition) is 4. The van der Waals surface area contributed by atoms with E-state index in [1.165, 1.54) is 6.07 Å². The normalized spacial score (nSPS) is 23.0. The molecule has 0 radical (unpaired) electrons. The zero-order chi connectivity index (χ0) is 24.9. The maximum Gasteiger partial charge on any atom is 0.325 e. The molecule has 0 unspecified atom stereocenters. The number of nitrogens with one attached hydrogen (secondary N) is 1. The summed E-state index contributed by atoms with van der Waals surface area (Å²) in [4.78, 5) is 31.9. The van der Waals surface area contributed by atoms with Gasteiger partial charge in [0.2, 0.25) is 0 Å². The molecule has 2 fully saturated rings. The zero-order valence-electron chi connectivity index (χ0n) is 20.0. The Morgan fingerprint density at radius 1 is 1.00 bits per heavy atom. The summed E-state index contributed by atoms with van der Waals surface area (Å²) in [5, 5.41) is 3.09. The number of urea groups is 1. The maximum absolute atomic E-state index is 14.2. The second kappa shape index (κ2) is 8.55. The van der Waals surface area contributed by atoms with Crippen LogP contribution in [0, 0.1) is 5.82 Å². The lowest BCUT2D eigenvalue weighted by atomic mass is 9.90. The smallest absolute Gasteiger partial charge is 0.325 e. The van der Waals surface area contributed by atoms with Crippen LogP contribution in [0.15, 0.2) is 72.8 Å². The van der Waals surface area contributed by atoms with Crippen LogP contribution in [0.2, 0.25) is 0 Å². The number of halogens is 1. The number of para-hydroxylation sites is 2. The zero-order valence-corrected chi connectivity index (χ0v) is 20.0. The van der Waals surface area contributed by atoms with Crippen LogP contribution in [-0.4, -0.2) is 48.7 Å². The van der Waals surface area contributed by atoms with Gasteiger partial charge in [0.25, 0.3) is 5.91 Å². The van der Waals surface area contributed by atoms with E-state index < -0.39 is 5.72 Å². The van der Waals surface area contributed by atoms with Crippen LogP contribution in [0.25, 0.3) is 0 Å². The van der Waals surface area contributed by atoms with Gasteiger partial charge in [0.15, 0.2) is 5.72 Å². The Bertz CT molecular complexity index is 1340. The van der Waals surface area contributed by atoms with E-state index in [1.807, 2.05) is 48.2 Å². The summed E-state index contributed by atoms with van der Waals surface area (Å²) in [6.07, 6.45) is 0.589. The van der Waals surface area contributed by atoms with Crippen LogP contribution in [0.4, 0.5) is 20.6 Å². The molecule has 184 valence electrons. The maximum atomic E-state index is 14.2. The quantitative estimate of drug-likeness (QED) is 0.590. The van der Waals surface area contributed by atoms with Crippen LogP contribution in [0.3, 0.4) is 0 Å². The second-order valence-corrected chi connectivity index (χ2v) is 9.64. The molecule has 8 heteroatoms. The van der Waals surface area contributed by atoms with Crippen LogP contribution >= 0.6 is 0 Å². The number of carbonyl (C=O) groups excluding carboxylic acids is 2. The van der Waals surface area contributed by atoms with Crippen LogP contribution < -0.4 is 19.9 Å². The Balaban J connectivity index is 1.21. The Kier molecular flexibility index (Phi) is 5.32. The van der Waals surface area contributed by atoms with Crippen molar-refractivity contribution >= 4 is 23.3 Å². The number of anilines is 2. The highest BCUT2D eigenvalue weighted by Gasteiger charge is 2.49. The van der Waals surface area contributed by atoms with Gasteiger partial charge in [0.1, 0.15) is 11.6 Å². The average Bonchev–Trinajstić information content (AvgIpc) is 2.88. The Hall–Kier alpha value is -4.07. The van der Waals surface area contributed by atoms with Crippen molar-refractivity contribution in [2.75, 3.05) is 36.0 Å². The van der Waals surface area contributed by atoms with Crippen molar-refractivity contribution in [1.29, 1.82) is 0 Å². The number of hydrogen-bond donors (Lipinski definition) is 1. The number of benzene rings is 3. The van der Waals surface area contributed by atoms with E-state index in [0.29, 0.717) is 49.5 Å². The summed E-state index contributed by atoms with van der Waals surface area (Å²) in [7, 11) is 0. The third-order valence-corrected chi connectivity index (χ3v) is 7.29. The molecule has 7 nitrogen and oxygen atoms in total. The molecule has 2 atom stereocenters. The van der Waals surface area contributed by atoms with E-state index in [9.17, 15) is 14.0 Å². The molecule has 3 aliphatic heterocycles. The fraction of sp³-hybridized carbons (Fsp3) is 0.286. The first-order chi connectivity index (χ1) is 17.4. The standard InChI is InChI=1S/C28H27FN4O3/c1-28-18-23(21-9-2-5-12-25(21)36-28)30-27(35)33(28)20-8-6-7-19(17-20)26(34)32-15-13-31(14-16-32)24-11-4-3-10-22(24)29/h2-12,17,23H,13-16,18H2,1H3,(H,30,35)/t23-,28+/m0/s1. The van der Waals surface area contributed by atoms with E-state index in [-0.39, 0.29) is 23.8 Å². The van der Waals surface area contributed by atoms with Crippen molar-refractivity contribution < 1.29 is 18.7 Å². The van der Waals surface area contributed by atoms with Gasteiger partial charge in [-0.05, 0) is 43.3 Å². The van der Waals surface area contributed by atoms with Crippen LogP contribution in [0.5, 0.6) is 5.75 Å². The van der Waals surface area contributed by atoms with Crippen molar-refractivity contribution in [2.45, 2.75) is 25.1 Å². The molecule has 6 rings (SSSR count). The molecule has 3 heterocycles. The second-order valence-electron chi connectivity index (χ2n) is 9.64. The number of carbonyl (C=O) groups is 2. The number of amides is 3. The lowest BCUT2D eigenvalue weighted by Crippen LogP contribution is -2.65. The van der Waals surface area contributed by atoms with Gasteiger partial charge in [-0.15, -0.1) is 0 Å². The summed E-state index contributed by atoms with van der Waals surface area (Å²) < 4.78 is 20.5. The monoisotopic (exact) mass is 486 g/mol. The van der Waals surface area contributed by atoms with Gasteiger partial charge in [-0.1, -0.05) is 36.4 Å². The Morgan fingerprint density at radius 2 is 1.75 bits per heavy atom. The summed E-state index contributed by atoms with van der Waals surface area (Å²) in [6.45, 7) is 3.98. The van der Waals surface area contributed by atoms with Gasteiger partial charge in [0.05, 0.1) is 17.4 Å². The van der Waals surface area contributed by atoms with Gasteiger partial charge >= 0.3 is 6.03 Å². The van der Waals surface area contributed by atoms with Crippen molar-refractivity contribution in [2.24, 2.45) is 0 Å². The van der Waals surface area contributed by atoms with E-state index >= 15 is 0 Å². The molecule has 2 bridgehead atoms. The molecule has 0 aromatic heterocycles. The average molecular weight is 487 g/mol. The van der Waals surface area contributed by atoms with Crippen LogP contribution in [-0.2, 0) is 0 Å². The highest BCUT2D eigenvalue weighted by molar-refractivity contribution is 5.99. The minimum absolute atomic E-state index is 0.111. The van der Waals surface area contributed by atoms with Crippen molar-refractivity contribution in [3.8, 4) is 5.75 Å². The Morgan fingerprint density at radius 3 is 2.56 bits per heavy atom. The summed E-state index contributed by atoms with van der Waals surface area (Å²) in [5.41, 5.74) is 1.75. The number of ether oxygens (including phenoxy) is 1. The highest BCUT2D eigenvalue weighted by atomic mass is 19.1. The minimum Gasteiger partial charge on any atom is -0.467 e. The van der Waals surface area contributed by atoms with E-state index in [4.69, 9.17) is 4.74 Å². The van der Waals surface area contributed by atoms with E-state index in [0.717, 1.165) is 11.3 Å². The third kappa shape index (κ3) is 3.73. The highest BCUT2D eigenvalue weighted by Crippen LogP contribution is 2.45. The fourth-order valence-corrected chi connectivity index (χ4v) is 5.53. The van der Waals surface area contributed by atoms with E-state index in [1.54, 1.807) is 40.1 Å². The predicted molar refractivity (Wildman–Crippen MR) is 135 cm³/mol. The molecule has 3 amide bonds. The van der Waals surface area contributed by atoms with Crippen LogP contribution in [0.1, 0.15) is 35.3 Å². The molecule has 0 saturated carbocycles. The molecule has 3 aromatic rings. The molecule has 36 heavy (non-hydrogen) atoms. The van der Waals surface area contributed by atoms with Gasteiger partial charge in [-0.3, -0.25) is 9.69 Å². The molecule has 2 saturated heterocycles. The SMILES string of the molecule is C[C@@]12C[C@H](NC(=O)N1c1cccc(C(=O)N3CCN(c4ccccc4F)CC3)c1)c1ccccc1O2. The first-order valence-electron chi connectivity index (χ1n) is 12.2. The molecular formula is C28H27FN4O3. The molecular weight excluding hydrogens is 459 g/mol. The van der Waals surface area contributed by atoms with Gasteiger partial charge in [-0.2, -0.15) is 0 Å². The molecule has 0 aliphatic carbocycles. The minimum atomic E-state index is -0.881. The summed E-state index contributed by atoms with van der Waals surface area (Å²) >= 11 is 0. The topological polar surface area (TPSA) is 65.1 Å².